The quantitative estimate of drug-likeness (QED) is 0.204. The van der Waals surface area contributed by atoms with Crippen molar-refractivity contribution in [2.24, 2.45) is 0 Å². The summed E-state index contributed by atoms with van der Waals surface area (Å²) in [4.78, 5) is 39.9. The fourth-order valence-electron chi connectivity index (χ4n) is 4.48. The van der Waals surface area contributed by atoms with Crippen molar-refractivity contribution in [3.8, 4) is 11.3 Å². The number of carbonyl (C=O) groups is 2. The molecule has 0 bridgehead atoms. The molecule has 0 spiro atoms. The van der Waals surface area contributed by atoms with E-state index in [1.165, 1.54) is 24.3 Å². The number of nitrogens with zero attached hydrogens (tertiary/aromatic N) is 4. The number of amides is 2. The lowest BCUT2D eigenvalue weighted by atomic mass is 10.1. The van der Waals surface area contributed by atoms with Gasteiger partial charge >= 0.3 is 0 Å². The molecule has 0 radical (unpaired) electrons. The van der Waals surface area contributed by atoms with Gasteiger partial charge in [-0.2, -0.15) is 5.10 Å². The molecule has 11 heteroatoms. The molecule has 4 aromatic carbocycles. The average Bonchev–Trinajstić information content (AvgIpc) is 3.34. The van der Waals surface area contributed by atoms with Crippen LogP contribution in [0.5, 0.6) is 0 Å². The molecule has 6 rings (SSSR count). The van der Waals surface area contributed by atoms with Gasteiger partial charge in [0.15, 0.2) is 5.65 Å². The van der Waals surface area contributed by atoms with Crippen LogP contribution >= 0.6 is 11.6 Å². The molecule has 2 N–H and O–H groups in total. The molecule has 10 nitrogen and oxygen atoms in total. The number of nitro benzene ring substituents is 1. The molecule has 0 saturated carbocycles. The first-order valence-corrected chi connectivity index (χ1v) is 12.5. The van der Waals surface area contributed by atoms with Crippen molar-refractivity contribution in [3.05, 3.63) is 112 Å². The van der Waals surface area contributed by atoms with Gasteiger partial charge in [-0.3, -0.25) is 19.7 Å². The average molecular weight is 551 g/mol. The number of non-ortho nitro benzene ring substituents is 1. The molecular weight excluding hydrogens is 532 g/mol. The van der Waals surface area contributed by atoms with Gasteiger partial charge in [-0.25, -0.2) is 9.50 Å². The lowest BCUT2D eigenvalue weighted by Crippen LogP contribution is -2.32. The van der Waals surface area contributed by atoms with E-state index in [0.717, 1.165) is 27.5 Å². The number of benzene rings is 4. The predicted molar refractivity (Wildman–Crippen MR) is 153 cm³/mol. The number of hydrogen-bond donors (Lipinski definition) is 2. The molecule has 196 valence electrons. The van der Waals surface area contributed by atoms with E-state index in [-0.39, 0.29) is 17.8 Å². The Hall–Kier alpha value is -5.35. The molecule has 0 atom stereocenters. The maximum absolute atomic E-state index is 12.5. The van der Waals surface area contributed by atoms with Gasteiger partial charge in [-0.1, -0.05) is 48.0 Å². The summed E-state index contributed by atoms with van der Waals surface area (Å²) in [6.45, 7) is -0.282. The number of anilines is 1. The van der Waals surface area contributed by atoms with E-state index in [1.807, 2.05) is 54.6 Å². The highest BCUT2D eigenvalue weighted by Crippen LogP contribution is 2.32. The second kappa shape index (κ2) is 10.1. The van der Waals surface area contributed by atoms with Crippen molar-refractivity contribution < 1.29 is 14.5 Å². The van der Waals surface area contributed by atoms with Crippen LogP contribution in [0.3, 0.4) is 0 Å². The van der Waals surface area contributed by atoms with Gasteiger partial charge in [0.05, 0.1) is 28.2 Å². The lowest BCUT2D eigenvalue weighted by Gasteiger charge is -2.09. The summed E-state index contributed by atoms with van der Waals surface area (Å²) in [7, 11) is 0. The Morgan fingerprint density at radius 1 is 0.925 bits per heavy atom. The summed E-state index contributed by atoms with van der Waals surface area (Å²) in [6, 6.07) is 25.8. The largest absolute Gasteiger partial charge is 0.343 e. The van der Waals surface area contributed by atoms with E-state index in [2.05, 4.69) is 10.6 Å². The number of rotatable bonds is 6. The number of nitrogens with one attached hydrogen (secondary N) is 2. The minimum atomic E-state index is -0.549. The topological polar surface area (TPSA) is 132 Å². The third-order valence-corrected chi connectivity index (χ3v) is 6.66. The van der Waals surface area contributed by atoms with Gasteiger partial charge < -0.3 is 10.6 Å². The second-order valence-electron chi connectivity index (χ2n) is 8.99. The van der Waals surface area contributed by atoms with Gasteiger partial charge in [0, 0.05) is 44.7 Å². The van der Waals surface area contributed by atoms with Crippen LogP contribution in [0.25, 0.3) is 38.7 Å². The van der Waals surface area contributed by atoms with E-state index >= 15 is 0 Å². The molecule has 0 unspecified atom stereocenters. The van der Waals surface area contributed by atoms with Crippen molar-refractivity contribution in [1.29, 1.82) is 0 Å². The van der Waals surface area contributed by atoms with E-state index in [4.69, 9.17) is 21.7 Å². The molecule has 0 fully saturated rings. The molecule has 6 aromatic rings. The Morgan fingerprint density at radius 2 is 1.65 bits per heavy atom. The van der Waals surface area contributed by atoms with Gasteiger partial charge in [0.2, 0.25) is 5.91 Å². The first-order valence-electron chi connectivity index (χ1n) is 12.2. The van der Waals surface area contributed by atoms with Gasteiger partial charge in [0.1, 0.15) is 0 Å². The number of hydrogen-bond acceptors (Lipinski definition) is 6. The van der Waals surface area contributed by atoms with E-state index < -0.39 is 16.7 Å². The Kier molecular flexibility index (Phi) is 6.29. The highest BCUT2D eigenvalue weighted by atomic mass is 35.5. The van der Waals surface area contributed by atoms with Crippen LogP contribution < -0.4 is 10.6 Å². The van der Waals surface area contributed by atoms with Crippen LogP contribution in [0.4, 0.5) is 11.4 Å². The van der Waals surface area contributed by atoms with E-state index in [0.29, 0.717) is 21.9 Å². The van der Waals surface area contributed by atoms with Crippen LogP contribution in [-0.2, 0) is 4.79 Å². The minimum absolute atomic E-state index is 0.124. The zero-order valence-electron chi connectivity index (χ0n) is 20.7. The van der Waals surface area contributed by atoms with Crippen molar-refractivity contribution in [2.45, 2.75) is 0 Å². The summed E-state index contributed by atoms with van der Waals surface area (Å²) in [5, 5.41) is 23.5. The minimum Gasteiger partial charge on any atom is -0.343 e. The Morgan fingerprint density at radius 3 is 2.38 bits per heavy atom. The molecule has 0 aliphatic heterocycles. The summed E-state index contributed by atoms with van der Waals surface area (Å²) >= 11 is 6.10. The second-order valence-corrected chi connectivity index (χ2v) is 9.42. The molecule has 0 aliphatic rings. The standard InChI is InChI=1S/C29H19ClN6O4/c30-19-9-5-17(6-10-19)27-22-3-1-2-4-23(22)28-33-24-15-20(11-14-25(24)35(28)34-27)32-26(37)16-31-29(38)18-7-12-21(13-8-18)36(39)40/h1-15H,16H2,(H,31,38)(H,32,37). The van der Waals surface area contributed by atoms with Gasteiger partial charge in [0.25, 0.3) is 11.6 Å². The van der Waals surface area contributed by atoms with Gasteiger partial charge in [-0.15, -0.1) is 0 Å². The maximum atomic E-state index is 12.5. The SMILES string of the molecule is O=C(CNC(=O)c1ccc([N+](=O)[O-])cc1)Nc1ccc2c(c1)nc1c3ccccc3c(-c3ccc(Cl)cc3)nn21. The van der Waals surface area contributed by atoms with Crippen LogP contribution in [0, 0.1) is 10.1 Å². The zero-order valence-corrected chi connectivity index (χ0v) is 21.4. The molecule has 2 amide bonds. The third-order valence-electron chi connectivity index (χ3n) is 6.40. The summed E-state index contributed by atoms with van der Waals surface area (Å²) < 4.78 is 1.79. The van der Waals surface area contributed by atoms with Crippen LogP contribution in [-0.4, -0.2) is 37.9 Å². The Balaban J connectivity index is 1.25. The van der Waals surface area contributed by atoms with Crippen LogP contribution in [0.15, 0.2) is 91.0 Å². The maximum Gasteiger partial charge on any atom is 0.269 e. The summed E-state index contributed by atoms with van der Waals surface area (Å²) in [5.74, 6) is -0.956. The highest BCUT2D eigenvalue weighted by molar-refractivity contribution is 6.30. The first kappa shape index (κ1) is 25.0. The first-order chi connectivity index (χ1) is 19.4. The fraction of sp³-hybridized carbons (Fsp3) is 0.0345. The van der Waals surface area contributed by atoms with Crippen molar-refractivity contribution >= 4 is 62.2 Å². The fourth-order valence-corrected chi connectivity index (χ4v) is 4.61. The van der Waals surface area contributed by atoms with Crippen molar-refractivity contribution in [1.82, 2.24) is 19.9 Å². The monoisotopic (exact) mass is 550 g/mol. The van der Waals surface area contributed by atoms with Crippen LogP contribution in [0.2, 0.25) is 5.02 Å². The number of carbonyl (C=O) groups excluding carboxylic acids is 2. The van der Waals surface area contributed by atoms with Crippen molar-refractivity contribution in [3.63, 3.8) is 0 Å². The number of imidazole rings is 1. The summed E-state index contributed by atoms with van der Waals surface area (Å²) in [6.07, 6.45) is 0. The van der Waals surface area contributed by atoms with E-state index in [9.17, 15) is 19.7 Å². The predicted octanol–water partition coefficient (Wildman–Crippen LogP) is 5.63. The molecular formula is C29H19ClN6O4. The zero-order chi connectivity index (χ0) is 27.8. The summed E-state index contributed by atoms with van der Waals surface area (Å²) in [5.41, 5.74) is 4.39. The molecule has 40 heavy (non-hydrogen) atoms. The third kappa shape index (κ3) is 4.67. The van der Waals surface area contributed by atoms with Crippen molar-refractivity contribution in [2.75, 3.05) is 11.9 Å². The molecule has 0 saturated heterocycles. The number of aromatic nitrogens is 3. The highest BCUT2D eigenvalue weighted by Gasteiger charge is 2.16. The Labute approximate surface area is 231 Å². The lowest BCUT2D eigenvalue weighted by molar-refractivity contribution is -0.384. The van der Waals surface area contributed by atoms with E-state index in [1.54, 1.807) is 16.6 Å². The van der Waals surface area contributed by atoms with Gasteiger partial charge in [-0.05, 0) is 42.5 Å². The number of halogens is 1. The normalized spacial score (nSPS) is 11.1. The van der Waals surface area contributed by atoms with Crippen LogP contribution in [0.1, 0.15) is 10.4 Å². The Bertz CT molecular complexity index is 1950. The molecule has 2 heterocycles. The number of fused-ring (bicyclic) bond motifs is 5. The molecule has 0 aliphatic carbocycles. The molecule has 2 aromatic heterocycles. The smallest absolute Gasteiger partial charge is 0.269 e. The number of nitro groups is 1.